The number of ether oxygens (including phenoxy) is 1. The van der Waals surface area contributed by atoms with Gasteiger partial charge in [0, 0.05) is 12.1 Å². The zero-order valence-corrected chi connectivity index (χ0v) is 12.1. The van der Waals surface area contributed by atoms with Gasteiger partial charge in [-0.2, -0.15) is 0 Å². The number of benzene rings is 1. The van der Waals surface area contributed by atoms with Crippen molar-refractivity contribution in [2.24, 2.45) is 0 Å². The quantitative estimate of drug-likeness (QED) is 0.823. The van der Waals surface area contributed by atoms with Crippen molar-refractivity contribution in [3.63, 3.8) is 0 Å². The van der Waals surface area contributed by atoms with Crippen LogP contribution in [0.3, 0.4) is 0 Å². The number of hydrogen-bond acceptors (Lipinski definition) is 3. The molecule has 4 heteroatoms. The second-order valence-electron chi connectivity index (χ2n) is 4.73. The van der Waals surface area contributed by atoms with Crippen molar-refractivity contribution >= 4 is 5.97 Å². The van der Waals surface area contributed by atoms with E-state index in [2.05, 4.69) is 18.7 Å². The number of nitrogens with zero attached hydrogens (tertiary/aromatic N) is 1. The van der Waals surface area contributed by atoms with Crippen LogP contribution in [0.1, 0.15) is 38.8 Å². The Morgan fingerprint density at radius 2 is 1.89 bits per heavy atom. The predicted octanol–water partition coefficient (Wildman–Crippen LogP) is 2.94. The molecule has 0 amide bonds. The first-order valence-corrected chi connectivity index (χ1v) is 6.61. The Labute approximate surface area is 115 Å². The highest BCUT2D eigenvalue weighted by molar-refractivity contribution is 5.67. The van der Waals surface area contributed by atoms with Gasteiger partial charge in [-0.1, -0.05) is 19.1 Å². The van der Waals surface area contributed by atoms with E-state index >= 15 is 0 Å². The molecule has 0 aliphatic carbocycles. The Morgan fingerprint density at radius 3 is 2.32 bits per heavy atom. The second-order valence-corrected chi connectivity index (χ2v) is 4.73. The first kappa shape index (κ1) is 15.5. The van der Waals surface area contributed by atoms with E-state index in [-0.39, 0.29) is 18.5 Å². The van der Waals surface area contributed by atoms with Crippen LogP contribution in [0.4, 0.5) is 0 Å². The molecule has 1 rings (SSSR count). The zero-order valence-electron chi connectivity index (χ0n) is 12.1. The monoisotopic (exact) mass is 265 g/mol. The van der Waals surface area contributed by atoms with Crippen LogP contribution in [0.2, 0.25) is 0 Å². The number of carboxylic acid groups (broad SMARTS) is 1. The molecule has 1 N–H and O–H groups in total. The van der Waals surface area contributed by atoms with Crippen LogP contribution in [0, 0.1) is 0 Å². The third-order valence-electron chi connectivity index (χ3n) is 3.50. The van der Waals surface area contributed by atoms with E-state index in [4.69, 9.17) is 9.84 Å². The Morgan fingerprint density at radius 1 is 1.32 bits per heavy atom. The SMILES string of the molecule is CCN(C(C)CC(=O)O)C(C)c1ccc(OC)cc1. The van der Waals surface area contributed by atoms with Gasteiger partial charge in [0.05, 0.1) is 13.5 Å². The topological polar surface area (TPSA) is 49.8 Å². The molecule has 0 aliphatic heterocycles. The van der Waals surface area contributed by atoms with E-state index in [1.165, 1.54) is 5.56 Å². The van der Waals surface area contributed by atoms with Crippen molar-refractivity contribution in [1.82, 2.24) is 4.90 Å². The van der Waals surface area contributed by atoms with Crippen molar-refractivity contribution in [3.05, 3.63) is 29.8 Å². The Kier molecular flexibility index (Phi) is 5.83. The average Bonchev–Trinajstić information content (AvgIpc) is 2.38. The van der Waals surface area contributed by atoms with E-state index in [0.29, 0.717) is 0 Å². The van der Waals surface area contributed by atoms with Gasteiger partial charge in [-0.25, -0.2) is 0 Å². The summed E-state index contributed by atoms with van der Waals surface area (Å²) in [5.74, 6) is 0.0745. The third kappa shape index (κ3) is 4.24. The molecular formula is C15H23NO3. The van der Waals surface area contributed by atoms with Crippen molar-refractivity contribution in [3.8, 4) is 5.75 Å². The summed E-state index contributed by atoms with van der Waals surface area (Å²) in [6, 6.07) is 8.12. The second kappa shape index (κ2) is 7.14. The van der Waals surface area contributed by atoms with Gasteiger partial charge in [0.15, 0.2) is 0 Å². The minimum Gasteiger partial charge on any atom is -0.497 e. The van der Waals surface area contributed by atoms with E-state index in [1.54, 1.807) is 7.11 Å². The average molecular weight is 265 g/mol. The van der Waals surface area contributed by atoms with Gasteiger partial charge in [0.2, 0.25) is 0 Å². The van der Waals surface area contributed by atoms with Gasteiger partial charge in [-0.05, 0) is 38.1 Å². The summed E-state index contributed by atoms with van der Waals surface area (Å²) in [6.07, 6.45) is 0.161. The first-order chi connectivity index (χ1) is 8.99. The molecular weight excluding hydrogens is 242 g/mol. The van der Waals surface area contributed by atoms with Crippen molar-refractivity contribution in [2.45, 2.75) is 39.3 Å². The molecule has 0 heterocycles. The normalized spacial score (nSPS) is 14.2. The zero-order chi connectivity index (χ0) is 14.4. The Hall–Kier alpha value is -1.55. The highest BCUT2D eigenvalue weighted by Crippen LogP contribution is 2.25. The first-order valence-electron chi connectivity index (χ1n) is 6.61. The molecule has 0 saturated carbocycles. The van der Waals surface area contributed by atoms with Crippen LogP contribution < -0.4 is 4.74 Å². The lowest BCUT2D eigenvalue weighted by atomic mass is 10.0. The van der Waals surface area contributed by atoms with E-state index in [1.807, 2.05) is 31.2 Å². The smallest absolute Gasteiger partial charge is 0.304 e. The largest absolute Gasteiger partial charge is 0.497 e. The number of carboxylic acids is 1. The van der Waals surface area contributed by atoms with Crippen molar-refractivity contribution in [1.29, 1.82) is 0 Å². The molecule has 0 radical (unpaired) electrons. The molecule has 2 atom stereocenters. The molecule has 0 spiro atoms. The summed E-state index contributed by atoms with van der Waals surface area (Å²) >= 11 is 0. The maximum Gasteiger partial charge on any atom is 0.304 e. The molecule has 0 fully saturated rings. The highest BCUT2D eigenvalue weighted by atomic mass is 16.5. The maximum absolute atomic E-state index is 10.8. The van der Waals surface area contributed by atoms with Gasteiger partial charge < -0.3 is 9.84 Å². The Balaban J connectivity index is 2.81. The molecule has 4 nitrogen and oxygen atoms in total. The van der Waals surface area contributed by atoms with Gasteiger partial charge in [-0.15, -0.1) is 0 Å². The van der Waals surface area contributed by atoms with Crippen LogP contribution in [-0.4, -0.2) is 35.7 Å². The van der Waals surface area contributed by atoms with Crippen LogP contribution in [0.25, 0.3) is 0 Å². The molecule has 0 aromatic heterocycles. The molecule has 19 heavy (non-hydrogen) atoms. The highest BCUT2D eigenvalue weighted by Gasteiger charge is 2.21. The maximum atomic E-state index is 10.8. The van der Waals surface area contributed by atoms with E-state index < -0.39 is 5.97 Å². The van der Waals surface area contributed by atoms with Crippen LogP contribution >= 0.6 is 0 Å². The van der Waals surface area contributed by atoms with Crippen LogP contribution in [0.5, 0.6) is 5.75 Å². The standard InChI is InChI=1S/C15H23NO3/c1-5-16(11(2)10-15(17)18)12(3)13-6-8-14(19-4)9-7-13/h6-9,11-12H,5,10H2,1-4H3,(H,17,18). The Bertz CT molecular complexity index is 402. The number of hydrogen-bond donors (Lipinski definition) is 1. The van der Waals surface area contributed by atoms with Gasteiger partial charge >= 0.3 is 5.97 Å². The molecule has 2 unspecified atom stereocenters. The minimum absolute atomic E-state index is 0.0135. The van der Waals surface area contributed by atoms with E-state index in [9.17, 15) is 4.79 Å². The molecule has 1 aromatic carbocycles. The fourth-order valence-electron chi connectivity index (χ4n) is 2.41. The van der Waals surface area contributed by atoms with Crippen LogP contribution in [-0.2, 0) is 4.79 Å². The molecule has 0 aliphatic rings. The predicted molar refractivity (Wildman–Crippen MR) is 75.5 cm³/mol. The van der Waals surface area contributed by atoms with Crippen molar-refractivity contribution in [2.75, 3.05) is 13.7 Å². The van der Waals surface area contributed by atoms with Crippen LogP contribution in [0.15, 0.2) is 24.3 Å². The lowest BCUT2D eigenvalue weighted by Gasteiger charge is -2.33. The summed E-state index contributed by atoms with van der Waals surface area (Å²) in [7, 11) is 1.64. The lowest BCUT2D eigenvalue weighted by Crippen LogP contribution is -2.36. The minimum atomic E-state index is -0.757. The molecule has 0 bridgehead atoms. The molecule has 0 saturated heterocycles. The summed E-state index contributed by atoms with van der Waals surface area (Å²) < 4.78 is 5.14. The lowest BCUT2D eigenvalue weighted by molar-refractivity contribution is -0.138. The number of methoxy groups -OCH3 is 1. The van der Waals surface area contributed by atoms with Gasteiger partial charge in [0.1, 0.15) is 5.75 Å². The fourth-order valence-corrected chi connectivity index (χ4v) is 2.41. The van der Waals surface area contributed by atoms with Gasteiger partial charge in [0.25, 0.3) is 0 Å². The fraction of sp³-hybridized carbons (Fsp3) is 0.533. The third-order valence-corrected chi connectivity index (χ3v) is 3.50. The number of rotatable bonds is 7. The molecule has 106 valence electrons. The summed E-state index contributed by atoms with van der Waals surface area (Å²) in [5.41, 5.74) is 1.17. The van der Waals surface area contributed by atoms with E-state index in [0.717, 1.165) is 12.3 Å². The summed E-state index contributed by atoms with van der Waals surface area (Å²) in [5, 5.41) is 8.91. The summed E-state index contributed by atoms with van der Waals surface area (Å²) in [4.78, 5) is 13.0. The van der Waals surface area contributed by atoms with Crippen molar-refractivity contribution < 1.29 is 14.6 Å². The van der Waals surface area contributed by atoms with Gasteiger partial charge in [-0.3, -0.25) is 9.69 Å². The molecule has 1 aromatic rings. The summed E-state index contributed by atoms with van der Waals surface area (Å²) in [6.45, 7) is 6.93. The number of carbonyl (C=O) groups is 1. The number of aliphatic carboxylic acids is 1.